The lowest BCUT2D eigenvalue weighted by atomic mass is 10.2. The SMILES string of the molecule is CC[C@H](C)Nc1cc(Cl)nc(C)n1. The van der Waals surface area contributed by atoms with Crippen LogP contribution in [0.3, 0.4) is 0 Å². The van der Waals surface area contributed by atoms with Gasteiger partial charge in [-0.25, -0.2) is 9.97 Å². The summed E-state index contributed by atoms with van der Waals surface area (Å²) in [6.07, 6.45) is 1.06. The van der Waals surface area contributed by atoms with E-state index in [0.717, 1.165) is 12.2 Å². The molecule has 1 aromatic heterocycles. The van der Waals surface area contributed by atoms with Crippen molar-refractivity contribution >= 4 is 17.4 Å². The minimum atomic E-state index is 0.408. The standard InChI is InChI=1S/C9H14ClN3/c1-4-6(2)11-9-5-8(10)12-7(3)13-9/h5-6H,4H2,1-3H3,(H,11,12,13)/t6-/m0/s1. The fraction of sp³-hybridized carbons (Fsp3) is 0.556. The molecule has 4 heteroatoms. The molecule has 0 aliphatic carbocycles. The van der Waals surface area contributed by atoms with Crippen molar-refractivity contribution in [2.75, 3.05) is 5.32 Å². The van der Waals surface area contributed by atoms with Gasteiger partial charge in [-0.2, -0.15) is 0 Å². The number of anilines is 1. The highest BCUT2D eigenvalue weighted by Crippen LogP contribution is 2.12. The van der Waals surface area contributed by atoms with E-state index in [1.165, 1.54) is 0 Å². The smallest absolute Gasteiger partial charge is 0.134 e. The van der Waals surface area contributed by atoms with Crippen molar-refractivity contribution in [2.45, 2.75) is 33.2 Å². The Bertz CT molecular complexity index is 268. The summed E-state index contributed by atoms with van der Waals surface area (Å²) >= 11 is 5.79. The van der Waals surface area contributed by atoms with Crippen molar-refractivity contribution in [3.05, 3.63) is 17.0 Å². The van der Waals surface area contributed by atoms with E-state index < -0.39 is 0 Å². The number of hydrogen-bond acceptors (Lipinski definition) is 3. The predicted molar refractivity (Wildman–Crippen MR) is 55.2 cm³/mol. The van der Waals surface area contributed by atoms with Gasteiger partial charge < -0.3 is 5.32 Å². The van der Waals surface area contributed by atoms with Crippen LogP contribution in [0.25, 0.3) is 0 Å². The second kappa shape index (κ2) is 4.42. The van der Waals surface area contributed by atoms with Gasteiger partial charge in [0.25, 0.3) is 0 Å². The Kier molecular flexibility index (Phi) is 3.48. The minimum Gasteiger partial charge on any atom is -0.367 e. The van der Waals surface area contributed by atoms with Gasteiger partial charge in [-0.3, -0.25) is 0 Å². The summed E-state index contributed by atoms with van der Waals surface area (Å²) < 4.78 is 0. The second-order valence-corrected chi connectivity index (χ2v) is 3.46. The molecule has 0 amide bonds. The molecular weight excluding hydrogens is 186 g/mol. The molecular formula is C9H14ClN3. The molecule has 0 aliphatic rings. The quantitative estimate of drug-likeness (QED) is 0.761. The molecule has 1 rings (SSSR count). The molecule has 1 heterocycles. The zero-order valence-corrected chi connectivity index (χ0v) is 8.89. The van der Waals surface area contributed by atoms with Crippen molar-refractivity contribution in [3.8, 4) is 0 Å². The molecule has 3 nitrogen and oxygen atoms in total. The lowest BCUT2D eigenvalue weighted by Gasteiger charge is -2.12. The fourth-order valence-corrected chi connectivity index (χ4v) is 1.19. The van der Waals surface area contributed by atoms with Crippen LogP contribution in [0.15, 0.2) is 6.07 Å². The molecule has 1 aromatic rings. The maximum atomic E-state index is 5.79. The van der Waals surface area contributed by atoms with Crippen LogP contribution in [0, 0.1) is 6.92 Å². The molecule has 0 aromatic carbocycles. The van der Waals surface area contributed by atoms with Crippen LogP contribution < -0.4 is 5.32 Å². The topological polar surface area (TPSA) is 37.8 Å². The van der Waals surface area contributed by atoms with Gasteiger partial charge in [0, 0.05) is 12.1 Å². The average molecular weight is 200 g/mol. The second-order valence-electron chi connectivity index (χ2n) is 3.08. The first-order valence-corrected chi connectivity index (χ1v) is 4.77. The Hall–Kier alpha value is -0.830. The number of rotatable bonds is 3. The van der Waals surface area contributed by atoms with E-state index in [9.17, 15) is 0 Å². The van der Waals surface area contributed by atoms with Crippen LogP contribution in [-0.2, 0) is 0 Å². The van der Waals surface area contributed by atoms with E-state index in [0.29, 0.717) is 17.0 Å². The molecule has 13 heavy (non-hydrogen) atoms. The van der Waals surface area contributed by atoms with E-state index in [2.05, 4.69) is 29.1 Å². The normalized spacial score (nSPS) is 12.6. The van der Waals surface area contributed by atoms with E-state index >= 15 is 0 Å². The summed E-state index contributed by atoms with van der Waals surface area (Å²) in [6, 6.07) is 2.14. The van der Waals surface area contributed by atoms with E-state index in [1.807, 2.05) is 6.92 Å². The first-order chi connectivity index (χ1) is 6.11. The summed E-state index contributed by atoms with van der Waals surface area (Å²) in [5.74, 6) is 1.49. The molecule has 0 saturated carbocycles. The van der Waals surface area contributed by atoms with Crippen molar-refractivity contribution < 1.29 is 0 Å². The monoisotopic (exact) mass is 199 g/mol. The minimum absolute atomic E-state index is 0.408. The maximum absolute atomic E-state index is 5.79. The highest BCUT2D eigenvalue weighted by molar-refractivity contribution is 6.29. The van der Waals surface area contributed by atoms with Crippen molar-refractivity contribution in [1.82, 2.24) is 9.97 Å². The van der Waals surface area contributed by atoms with Gasteiger partial charge in [0.2, 0.25) is 0 Å². The van der Waals surface area contributed by atoms with Gasteiger partial charge in [0.05, 0.1) is 0 Å². The first kappa shape index (κ1) is 10.3. The van der Waals surface area contributed by atoms with E-state index in [-0.39, 0.29) is 0 Å². The average Bonchev–Trinajstić information content (AvgIpc) is 2.02. The maximum Gasteiger partial charge on any atom is 0.134 e. The predicted octanol–water partition coefficient (Wildman–Crippen LogP) is 2.65. The van der Waals surface area contributed by atoms with Gasteiger partial charge in [-0.15, -0.1) is 0 Å². The molecule has 0 saturated heterocycles. The summed E-state index contributed by atoms with van der Waals surface area (Å²) in [7, 11) is 0. The van der Waals surface area contributed by atoms with Crippen LogP contribution in [-0.4, -0.2) is 16.0 Å². The van der Waals surface area contributed by atoms with Gasteiger partial charge in [0.1, 0.15) is 16.8 Å². The first-order valence-electron chi connectivity index (χ1n) is 4.39. The number of nitrogens with zero attached hydrogens (tertiary/aromatic N) is 2. The molecule has 1 N–H and O–H groups in total. The molecule has 0 fully saturated rings. The number of hydrogen-bond donors (Lipinski definition) is 1. The molecule has 1 atom stereocenters. The van der Waals surface area contributed by atoms with Crippen molar-refractivity contribution in [3.63, 3.8) is 0 Å². The van der Waals surface area contributed by atoms with Crippen molar-refractivity contribution in [2.24, 2.45) is 0 Å². The van der Waals surface area contributed by atoms with Gasteiger partial charge in [0.15, 0.2) is 0 Å². The third-order valence-corrected chi connectivity index (χ3v) is 2.01. The summed E-state index contributed by atoms with van der Waals surface area (Å²) in [6.45, 7) is 6.05. The van der Waals surface area contributed by atoms with Crippen LogP contribution in [0.5, 0.6) is 0 Å². The Balaban J connectivity index is 2.77. The van der Waals surface area contributed by atoms with Gasteiger partial charge in [-0.05, 0) is 20.3 Å². The molecule has 72 valence electrons. The van der Waals surface area contributed by atoms with Crippen molar-refractivity contribution in [1.29, 1.82) is 0 Å². The highest BCUT2D eigenvalue weighted by Gasteiger charge is 2.02. The Labute approximate surface area is 83.5 Å². The highest BCUT2D eigenvalue weighted by atomic mass is 35.5. The van der Waals surface area contributed by atoms with Crippen LogP contribution in [0.2, 0.25) is 5.15 Å². The van der Waals surface area contributed by atoms with E-state index in [1.54, 1.807) is 6.07 Å². The third-order valence-electron chi connectivity index (χ3n) is 1.81. The Morgan fingerprint density at radius 2 is 2.23 bits per heavy atom. The van der Waals surface area contributed by atoms with Gasteiger partial charge >= 0.3 is 0 Å². The summed E-state index contributed by atoms with van der Waals surface area (Å²) in [5, 5.41) is 3.72. The Morgan fingerprint density at radius 3 is 2.77 bits per heavy atom. The molecule has 0 bridgehead atoms. The molecule has 0 unspecified atom stereocenters. The third kappa shape index (κ3) is 3.19. The fourth-order valence-electron chi connectivity index (χ4n) is 0.960. The number of aryl methyl sites for hydroxylation is 1. The van der Waals surface area contributed by atoms with E-state index in [4.69, 9.17) is 11.6 Å². The number of aromatic nitrogens is 2. The van der Waals surface area contributed by atoms with Crippen LogP contribution in [0.1, 0.15) is 26.1 Å². The molecule has 0 aliphatic heterocycles. The lowest BCUT2D eigenvalue weighted by Crippen LogP contribution is -2.14. The van der Waals surface area contributed by atoms with Crippen LogP contribution in [0.4, 0.5) is 5.82 Å². The zero-order valence-electron chi connectivity index (χ0n) is 8.13. The van der Waals surface area contributed by atoms with Crippen LogP contribution >= 0.6 is 11.6 Å². The number of halogens is 1. The summed E-state index contributed by atoms with van der Waals surface area (Å²) in [4.78, 5) is 8.20. The molecule has 0 radical (unpaired) electrons. The largest absolute Gasteiger partial charge is 0.367 e. The molecule has 0 spiro atoms. The number of nitrogens with one attached hydrogen (secondary N) is 1. The summed E-state index contributed by atoms with van der Waals surface area (Å²) in [5.41, 5.74) is 0. The zero-order chi connectivity index (χ0) is 9.84. The van der Waals surface area contributed by atoms with Gasteiger partial charge in [-0.1, -0.05) is 18.5 Å². The Morgan fingerprint density at radius 1 is 1.54 bits per heavy atom. The lowest BCUT2D eigenvalue weighted by molar-refractivity contribution is 0.757.